The summed E-state index contributed by atoms with van der Waals surface area (Å²) in [5.41, 5.74) is 0. The molecule has 9 nitrogen and oxygen atoms in total. The van der Waals surface area contributed by atoms with Crippen molar-refractivity contribution in [3.63, 3.8) is 0 Å². The van der Waals surface area contributed by atoms with Crippen LogP contribution in [-0.4, -0.2) is 85.8 Å². The summed E-state index contributed by atoms with van der Waals surface area (Å²) in [6.07, 6.45) is 2.66. The number of carbonyl (C=O) groups is 2. The third-order valence-corrected chi connectivity index (χ3v) is 15.6. The highest BCUT2D eigenvalue weighted by atomic mass is 28.5. The first-order chi connectivity index (χ1) is 15.5. The number of esters is 2. The fourth-order valence-electron chi connectivity index (χ4n) is 2.75. The van der Waals surface area contributed by atoms with Gasteiger partial charge >= 0.3 is 20.7 Å². The SMILES string of the molecule is COCCOCCOC(=O)/C=C/C(=O)OCCC[Si](O[Si](C)(C)C)(O[Si](C)(C)C)O[Si](C)(C)C. The zero-order valence-electron chi connectivity index (χ0n) is 22.8. The lowest BCUT2D eigenvalue weighted by Crippen LogP contribution is -2.60. The Morgan fingerprint density at radius 2 is 1.03 bits per heavy atom. The van der Waals surface area contributed by atoms with E-state index in [1.165, 1.54) is 0 Å². The first-order valence-corrected chi connectivity index (χ1v) is 23.8. The molecule has 0 saturated heterocycles. The van der Waals surface area contributed by atoms with Gasteiger partial charge in [-0.3, -0.25) is 0 Å². The zero-order valence-corrected chi connectivity index (χ0v) is 26.8. The lowest BCUT2D eigenvalue weighted by molar-refractivity contribution is -0.141. The first-order valence-electron chi connectivity index (χ1n) is 11.7. The largest absolute Gasteiger partial charge is 0.469 e. The van der Waals surface area contributed by atoms with Crippen LogP contribution in [0.5, 0.6) is 0 Å². The standard InChI is InChI=1S/C21H46O9Si4/c1-24-15-16-25-17-18-27-21(23)13-12-20(22)26-14-11-19-34(28-31(2,3)4,29-32(5,6)7)30-33(8,9)10/h12-13H,11,14-19H2,1-10H3/b13-12+. The molecule has 0 atom stereocenters. The number of hydrogen-bond donors (Lipinski definition) is 0. The van der Waals surface area contributed by atoms with Gasteiger partial charge in [-0.2, -0.15) is 0 Å². The minimum Gasteiger partial charge on any atom is -0.463 e. The number of carbonyl (C=O) groups excluding carboxylic acids is 2. The molecule has 34 heavy (non-hydrogen) atoms. The van der Waals surface area contributed by atoms with Gasteiger partial charge in [-0.1, -0.05) is 0 Å². The van der Waals surface area contributed by atoms with Crippen molar-refractivity contribution in [2.75, 3.05) is 40.1 Å². The van der Waals surface area contributed by atoms with Crippen LogP contribution in [0.4, 0.5) is 0 Å². The lowest BCUT2D eigenvalue weighted by atomic mass is 10.5. The number of ether oxygens (including phenoxy) is 4. The average molecular weight is 555 g/mol. The fraction of sp³-hybridized carbons (Fsp3) is 0.810. The number of methoxy groups -OCH3 is 1. The molecule has 0 amide bonds. The van der Waals surface area contributed by atoms with Gasteiger partial charge in [0, 0.05) is 25.3 Å². The van der Waals surface area contributed by atoms with Gasteiger partial charge in [-0.15, -0.1) is 0 Å². The zero-order chi connectivity index (χ0) is 26.5. The maximum absolute atomic E-state index is 12.0. The van der Waals surface area contributed by atoms with Crippen LogP contribution in [0.25, 0.3) is 0 Å². The molecule has 0 aromatic rings. The summed E-state index contributed by atoms with van der Waals surface area (Å²) in [4.78, 5) is 23.7. The van der Waals surface area contributed by atoms with Crippen LogP contribution in [0.15, 0.2) is 12.2 Å². The minimum absolute atomic E-state index is 0.0971. The van der Waals surface area contributed by atoms with Crippen molar-refractivity contribution in [3.8, 4) is 0 Å². The Labute approximate surface area is 210 Å². The van der Waals surface area contributed by atoms with Gasteiger partial charge in [0.05, 0.1) is 26.4 Å². The molecule has 0 heterocycles. The molecule has 0 radical (unpaired) electrons. The molecular formula is C21H46O9Si4. The van der Waals surface area contributed by atoms with Crippen molar-refractivity contribution >= 4 is 45.7 Å². The summed E-state index contributed by atoms with van der Waals surface area (Å²) in [5.74, 6) is -1.24. The maximum Gasteiger partial charge on any atom is 0.469 e. The minimum atomic E-state index is -2.96. The van der Waals surface area contributed by atoms with E-state index in [9.17, 15) is 9.59 Å². The van der Waals surface area contributed by atoms with Crippen LogP contribution in [0.1, 0.15) is 6.42 Å². The first kappa shape index (κ1) is 33.3. The second kappa shape index (κ2) is 15.5. The third kappa shape index (κ3) is 19.6. The van der Waals surface area contributed by atoms with Gasteiger partial charge in [0.15, 0.2) is 25.0 Å². The van der Waals surface area contributed by atoms with Crippen molar-refractivity contribution in [3.05, 3.63) is 12.2 Å². The molecule has 13 heteroatoms. The summed E-state index contributed by atoms with van der Waals surface area (Å²) in [5, 5.41) is 0. The van der Waals surface area contributed by atoms with E-state index in [0.29, 0.717) is 25.7 Å². The highest BCUT2D eigenvalue weighted by Crippen LogP contribution is 2.29. The third-order valence-electron chi connectivity index (χ3n) is 3.52. The smallest absolute Gasteiger partial charge is 0.463 e. The summed E-state index contributed by atoms with van der Waals surface area (Å²) in [6.45, 7) is 20.6. The monoisotopic (exact) mass is 554 g/mol. The molecule has 0 rings (SSSR count). The quantitative estimate of drug-likeness (QED) is 0.107. The predicted molar refractivity (Wildman–Crippen MR) is 142 cm³/mol. The van der Waals surface area contributed by atoms with Crippen molar-refractivity contribution in [1.29, 1.82) is 0 Å². The molecule has 0 N–H and O–H groups in total. The Balaban J connectivity index is 4.77. The second-order valence-electron chi connectivity index (χ2n) is 10.7. The Kier molecular flexibility index (Phi) is 15.2. The van der Waals surface area contributed by atoms with Crippen LogP contribution >= 0.6 is 0 Å². The van der Waals surface area contributed by atoms with E-state index < -0.39 is 45.7 Å². The molecule has 0 unspecified atom stereocenters. The van der Waals surface area contributed by atoms with Crippen molar-refractivity contribution in [1.82, 2.24) is 0 Å². The maximum atomic E-state index is 12.0. The summed E-state index contributed by atoms with van der Waals surface area (Å²) >= 11 is 0. The van der Waals surface area contributed by atoms with Crippen molar-refractivity contribution in [2.24, 2.45) is 0 Å². The fourth-order valence-corrected chi connectivity index (χ4v) is 17.4. The lowest BCUT2D eigenvalue weighted by Gasteiger charge is -2.42. The van der Waals surface area contributed by atoms with Crippen molar-refractivity contribution < 1.29 is 40.9 Å². The van der Waals surface area contributed by atoms with E-state index in [4.69, 9.17) is 31.3 Å². The van der Waals surface area contributed by atoms with E-state index >= 15 is 0 Å². The van der Waals surface area contributed by atoms with Gasteiger partial charge < -0.3 is 31.3 Å². The molecule has 0 aliphatic rings. The van der Waals surface area contributed by atoms with Gasteiger partial charge in [-0.05, 0) is 65.3 Å². The highest BCUT2D eigenvalue weighted by Gasteiger charge is 2.49. The average Bonchev–Trinajstić information content (AvgIpc) is 2.62. The molecule has 0 aromatic heterocycles. The van der Waals surface area contributed by atoms with E-state index in [1.54, 1.807) is 7.11 Å². The molecule has 0 bridgehead atoms. The molecule has 0 spiro atoms. The van der Waals surface area contributed by atoms with Crippen LogP contribution < -0.4 is 0 Å². The topological polar surface area (TPSA) is 98.8 Å². The molecule has 0 aliphatic carbocycles. The van der Waals surface area contributed by atoms with E-state index in [1.807, 2.05) is 0 Å². The molecule has 0 aromatic carbocycles. The second-order valence-corrected chi connectivity index (χ2v) is 27.7. The molecular weight excluding hydrogens is 509 g/mol. The highest BCUT2D eigenvalue weighted by molar-refractivity contribution is 6.90. The summed E-state index contributed by atoms with van der Waals surface area (Å²) in [7, 11) is -7.23. The van der Waals surface area contributed by atoms with Gasteiger partial charge in [0.25, 0.3) is 0 Å². The Bertz CT molecular complexity index is 597. The number of rotatable bonds is 18. The van der Waals surface area contributed by atoms with Gasteiger partial charge in [0.1, 0.15) is 6.61 Å². The molecule has 200 valence electrons. The van der Waals surface area contributed by atoms with Crippen LogP contribution in [0.3, 0.4) is 0 Å². The van der Waals surface area contributed by atoms with Crippen LogP contribution in [-0.2, 0) is 40.9 Å². The molecule has 0 aliphatic heterocycles. The summed E-state index contributed by atoms with van der Waals surface area (Å²) < 4.78 is 40.1. The normalized spacial score (nSPS) is 13.4. The van der Waals surface area contributed by atoms with E-state index in [2.05, 4.69) is 58.9 Å². The molecule has 0 saturated carbocycles. The number of hydrogen-bond acceptors (Lipinski definition) is 9. The van der Waals surface area contributed by atoms with Crippen LogP contribution in [0.2, 0.25) is 65.0 Å². The molecule has 0 fully saturated rings. The Morgan fingerprint density at radius 1 is 0.618 bits per heavy atom. The van der Waals surface area contributed by atoms with Gasteiger partial charge in [-0.25, -0.2) is 9.59 Å². The van der Waals surface area contributed by atoms with Crippen molar-refractivity contribution in [2.45, 2.75) is 71.4 Å². The Morgan fingerprint density at radius 3 is 1.44 bits per heavy atom. The van der Waals surface area contributed by atoms with E-state index in [-0.39, 0.29) is 19.8 Å². The van der Waals surface area contributed by atoms with Gasteiger partial charge in [0.2, 0.25) is 0 Å². The van der Waals surface area contributed by atoms with Crippen LogP contribution in [0, 0.1) is 0 Å². The summed E-state index contributed by atoms with van der Waals surface area (Å²) in [6, 6.07) is 0.577. The Hall–Kier alpha value is -0.652. The van der Waals surface area contributed by atoms with E-state index in [0.717, 1.165) is 12.2 Å². The predicted octanol–water partition coefficient (Wildman–Crippen LogP) is 4.18.